The molecule has 2 N–H and O–H groups in total. The fraction of sp³-hybridized carbons (Fsp3) is 0.364. The summed E-state index contributed by atoms with van der Waals surface area (Å²) in [4.78, 5) is 11.1. The fourth-order valence-corrected chi connectivity index (χ4v) is 1.18. The SMILES string of the molecule is CNC(=O)CNc1cc(OC)cc(OC)c1. The molecule has 1 rings (SSSR count). The van der Waals surface area contributed by atoms with Gasteiger partial charge in [-0.1, -0.05) is 0 Å². The zero-order valence-electron chi connectivity index (χ0n) is 9.66. The Morgan fingerprint density at radius 2 is 1.75 bits per heavy atom. The highest BCUT2D eigenvalue weighted by molar-refractivity contribution is 5.80. The van der Waals surface area contributed by atoms with Gasteiger partial charge < -0.3 is 20.1 Å². The predicted molar refractivity (Wildman–Crippen MR) is 62.1 cm³/mol. The zero-order chi connectivity index (χ0) is 12.0. The Kier molecular flexibility index (Phi) is 4.44. The van der Waals surface area contributed by atoms with E-state index in [1.165, 1.54) is 0 Å². The van der Waals surface area contributed by atoms with E-state index in [4.69, 9.17) is 9.47 Å². The molecule has 0 fully saturated rings. The number of amides is 1. The number of hydrogen-bond acceptors (Lipinski definition) is 4. The van der Waals surface area contributed by atoms with Gasteiger partial charge in [0.05, 0.1) is 20.8 Å². The largest absolute Gasteiger partial charge is 0.497 e. The number of rotatable bonds is 5. The first-order chi connectivity index (χ1) is 7.69. The zero-order valence-corrected chi connectivity index (χ0v) is 9.66. The molecule has 0 aliphatic heterocycles. The summed E-state index contributed by atoms with van der Waals surface area (Å²) >= 11 is 0. The molecule has 0 atom stereocenters. The monoisotopic (exact) mass is 224 g/mol. The average Bonchev–Trinajstić information content (AvgIpc) is 2.35. The molecule has 0 unspecified atom stereocenters. The number of nitrogens with one attached hydrogen (secondary N) is 2. The molecule has 1 aromatic rings. The van der Waals surface area contributed by atoms with Crippen molar-refractivity contribution in [2.24, 2.45) is 0 Å². The topological polar surface area (TPSA) is 59.6 Å². The summed E-state index contributed by atoms with van der Waals surface area (Å²) in [5, 5.41) is 5.50. The predicted octanol–water partition coefficient (Wildman–Crippen LogP) is 0.862. The lowest BCUT2D eigenvalue weighted by Crippen LogP contribution is -2.26. The van der Waals surface area contributed by atoms with Crippen LogP contribution in [0.15, 0.2) is 18.2 Å². The Bertz CT molecular complexity index is 344. The number of carbonyl (C=O) groups is 1. The molecule has 5 heteroatoms. The highest BCUT2D eigenvalue weighted by atomic mass is 16.5. The van der Waals surface area contributed by atoms with Gasteiger partial charge in [-0.25, -0.2) is 0 Å². The lowest BCUT2D eigenvalue weighted by Gasteiger charge is -2.09. The summed E-state index contributed by atoms with van der Waals surface area (Å²) < 4.78 is 10.2. The molecule has 88 valence electrons. The summed E-state index contributed by atoms with van der Waals surface area (Å²) in [5.74, 6) is 1.28. The Morgan fingerprint density at radius 1 is 1.19 bits per heavy atom. The second kappa shape index (κ2) is 5.85. The van der Waals surface area contributed by atoms with Gasteiger partial charge in [0.2, 0.25) is 5.91 Å². The standard InChI is InChI=1S/C11H16N2O3/c1-12-11(14)7-13-8-4-9(15-2)6-10(5-8)16-3/h4-6,13H,7H2,1-3H3,(H,12,14). The van der Waals surface area contributed by atoms with Crippen molar-refractivity contribution in [1.29, 1.82) is 0 Å². The van der Waals surface area contributed by atoms with Gasteiger partial charge in [0.25, 0.3) is 0 Å². The van der Waals surface area contributed by atoms with Gasteiger partial charge in [-0.05, 0) is 0 Å². The van der Waals surface area contributed by atoms with Gasteiger partial charge in [0, 0.05) is 30.9 Å². The molecule has 0 saturated heterocycles. The fourth-order valence-electron chi connectivity index (χ4n) is 1.18. The van der Waals surface area contributed by atoms with Crippen molar-refractivity contribution in [3.05, 3.63) is 18.2 Å². The lowest BCUT2D eigenvalue weighted by molar-refractivity contribution is -0.118. The minimum Gasteiger partial charge on any atom is -0.497 e. The lowest BCUT2D eigenvalue weighted by atomic mass is 10.2. The maximum absolute atomic E-state index is 11.1. The molecule has 0 heterocycles. The van der Waals surface area contributed by atoms with Crippen molar-refractivity contribution >= 4 is 11.6 Å². The molecule has 0 spiro atoms. The van der Waals surface area contributed by atoms with Gasteiger partial charge in [-0.2, -0.15) is 0 Å². The van der Waals surface area contributed by atoms with Crippen molar-refractivity contribution in [2.75, 3.05) is 33.1 Å². The van der Waals surface area contributed by atoms with E-state index >= 15 is 0 Å². The minimum absolute atomic E-state index is 0.0817. The smallest absolute Gasteiger partial charge is 0.239 e. The van der Waals surface area contributed by atoms with E-state index in [2.05, 4.69) is 10.6 Å². The number of hydrogen-bond donors (Lipinski definition) is 2. The first kappa shape index (κ1) is 12.2. The number of likely N-dealkylation sites (N-methyl/N-ethyl adjacent to an activating group) is 1. The third kappa shape index (κ3) is 3.34. The molecule has 1 aromatic carbocycles. The second-order valence-electron chi connectivity index (χ2n) is 3.13. The molecule has 0 aromatic heterocycles. The normalized spacial score (nSPS) is 9.44. The number of benzene rings is 1. The van der Waals surface area contributed by atoms with Crippen LogP contribution in [0.4, 0.5) is 5.69 Å². The van der Waals surface area contributed by atoms with Crippen LogP contribution in [0.1, 0.15) is 0 Å². The van der Waals surface area contributed by atoms with Crippen molar-refractivity contribution in [3.8, 4) is 11.5 Å². The van der Waals surface area contributed by atoms with E-state index in [0.717, 1.165) is 5.69 Å². The van der Waals surface area contributed by atoms with Gasteiger partial charge in [0.1, 0.15) is 11.5 Å². The quantitative estimate of drug-likeness (QED) is 0.779. The Morgan fingerprint density at radius 3 is 2.19 bits per heavy atom. The molecule has 0 aliphatic carbocycles. The molecule has 16 heavy (non-hydrogen) atoms. The van der Waals surface area contributed by atoms with Crippen LogP contribution in [0.3, 0.4) is 0 Å². The highest BCUT2D eigenvalue weighted by Crippen LogP contribution is 2.25. The third-order valence-corrected chi connectivity index (χ3v) is 2.08. The number of carbonyl (C=O) groups excluding carboxylic acids is 1. The summed E-state index contributed by atoms with van der Waals surface area (Å²) in [6.07, 6.45) is 0. The van der Waals surface area contributed by atoms with E-state index in [1.807, 2.05) is 0 Å². The molecular formula is C11H16N2O3. The molecule has 0 saturated carbocycles. The molecule has 0 bridgehead atoms. The minimum atomic E-state index is -0.0817. The van der Waals surface area contributed by atoms with Crippen LogP contribution in [-0.4, -0.2) is 33.7 Å². The maximum Gasteiger partial charge on any atom is 0.239 e. The summed E-state index contributed by atoms with van der Waals surface area (Å²) in [7, 11) is 4.75. The van der Waals surface area contributed by atoms with Gasteiger partial charge in [0.15, 0.2) is 0 Å². The molecular weight excluding hydrogens is 208 g/mol. The highest BCUT2D eigenvalue weighted by Gasteiger charge is 2.03. The van der Waals surface area contributed by atoms with Gasteiger partial charge >= 0.3 is 0 Å². The average molecular weight is 224 g/mol. The number of anilines is 1. The summed E-state index contributed by atoms with van der Waals surface area (Å²) in [5.41, 5.74) is 0.778. The van der Waals surface area contributed by atoms with E-state index in [0.29, 0.717) is 11.5 Å². The second-order valence-corrected chi connectivity index (χ2v) is 3.13. The molecule has 5 nitrogen and oxygen atoms in total. The van der Waals surface area contributed by atoms with Crippen LogP contribution >= 0.6 is 0 Å². The van der Waals surface area contributed by atoms with Crippen molar-refractivity contribution < 1.29 is 14.3 Å². The number of ether oxygens (including phenoxy) is 2. The van der Waals surface area contributed by atoms with E-state index in [9.17, 15) is 4.79 Å². The van der Waals surface area contributed by atoms with Crippen LogP contribution < -0.4 is 20.1 Å². The van der Waals surface area contributed by atoms with Crippen LogP contribution in [-0.2, 0) is 4.79 Å². The maximum atomic E-state index is 11.1. The van der Waals surface area contributed by atoms with E-state index < -0.39 is 0 Å². The number of methoxy groups -OCH3 is 2. The third-order valence-electron chi connectivity index (χ3n) is 2.08. The van der Waals surface area contributed by atoms with Crippen LogP contribution in [0, 0.1) is 0 Å². The molecule has 0 radical (unpaired) electrons. The van der Waals surface area contributed by atoms with Crippen LogP contribution in [0.5, 0.6) is 11.5 Å². The summed E-state index contributed by atoms with van der Waals surface area (Å²) in [6, 6.07) is 5.36. The first-order valence-electron chi connectivity index (χ1n) is 4.87. The Hall–Kier alpha value is -1.91. The molecule has 1 amide bonds. The van der Waals surface area contributed by atoms with E-state index in [-0.39, 0.29) is 12.5 Å². The van der Waals surface area contributed by atoms with Gasteiger partial charge in [-0.3, -0.25) is 4.79 Å². The first-order valence-corrected chi connectivity index (χ1v) is 4.87. The van der Waals surface area contributed by atoms with Crippen LogP contribution in [0.2, 0.25) is 0 Å². The van der Waals surface area contributed by atoms with Crippen LogP contribution in [0.25, 0.3) is 0 Å². The molecule has 0 aliphatic rings. The van der Waals surface area contributed by atoms with Crippen molar-refractivity contribution in [1.82, 2.24) is 5.32 Å². The van der Waals surface area contributed by atoms with Gasteiger partial charge in [-0.15, -0.1) is 0 Å². The van der Waals surface area contributed by atoms with E-state index in [1.54, 1.807) is 39.5 Å². The van der Waals surface area contributed by atoms with Crippen molar-refractivity contribution in [3.63, 3.8) is 0 Å². The Labute approximate surface area is 94.7 Å². The Balaban J connectivity index is 2.74. The summed E-state index contributed by atoms with van der Waals surface area (Å²) in [6.45, 7) is 0.215. The van der Waals surface area contributed by atoms with Crippen molar-refractivity contribution in [2.45, 2.75) is 0 Å².